The number of hydrogen-bond donors (Lipinski definition) is 1. The third-order valence-corrected chi connectivity index (χ3v) is 4.98. The Morgan fingerprint density at radius 1 is 0.870 bits per heavy atom. The van der Waals surface area contributed by atoms with Gasteiger partial charge in [-0.05, 0) is 56.0 Å². The maximum atomic E-state index is 10.9. The maximum absolute atomic E-state index is 10.9. The summed E-state index contributed by atoms with van der Waals surface area (Å²) in [6.45, 7) is 5.29. The van der Waals surface area contributed by atoms with Crippen LogP contribution in [0.15, 0.2) is 54.6 Å². The third kappa shape index (κ3) is 4.21. The molecule has 0 aromatic heterocycles. The van der Waals surface area contributed by atoms with Crippen LogP contribution in [0.1, 0.15) is 38.2 Å². The van der Waals surface area contributed by atoms with Gasteiger partial charge >= 0.3 is 0 Å². The summed E-state index contributed by atoms with van der Waals surface area (Å²) in [6.07, 6.45) is 4.74. The molecule has 23 heavy (non-hydrogen) atoms. The third-order valence-electron chi connectivity index (χ3n) is 4.98. The molecule has 0 bridgehead atoms. The zero-order chi connectivity index (χ0) is 16.1. The quantitative estimate of drug-likeness (QED) is 0.883. The Labute approximate surface area is 139 Å². The van der Waals surface area contributed by atoms with E-state index in [9.17, 15) is 5.11 Å². The molecule has 0 spiro atoms. The minimum absolute atomic E-state index is 0.757. The van der Waals surface area contributed by atoms with Crippen LogP contribution >= 0.6 is 0 Å². The van der Waals surface area contributed by atoms with Crippen LogP contribution in [0.3, 0.4) is 0 Å². The van der Waals surface area contributed by atoms with Crippen molar-refractivity contribution < 1.29 is 5.11 Å². The molecule has 1 heterocycles. The molecule has 2 aromatic rings. The highest BCUT2D eigenvalue weighted by atomic mass is 16.3. The van der Waals surface area contributed by atoms with Crippen molar-refractivity contribution in [2.24, 2.45) is 0 Å². The fraction of sp³-hybridized carbons (Fsp3) is 0.429. The summed E-state index contributed by atoms with van der Waals surface area (Å²) in [6, 6.07) is 18.7. The second kappa shape index (κ2) is 7.29. The molecule has 1 aliphatic rings. The summed E-state index contributed by atoms with van der Waals surface area (Å²) >= 11 is 0. The van der Waals surface area contributed by atoms with E-state index >= 15 is 0 Å². The first-order valence-corrected chi connectivity index (χ1v) is 8.76. The van der Waals surface area contributed by atoms with Crippen LogP contribution in [0, 0.1) is 0 Å². The Hall–Kier alpha value is -1.64. The number of nitrogens with zero attached hydrogens (tertiary/aromatic N) is 1. The van der Waals surface area contributed by atoms with E-state index in [1.807, 2.05) is 13.0 Å². The Morgan fingerprint density at radius 3 is 2.13 bits per heavy atom. The summed E-state index contributed by atoms with van der Waals surface area (Å²) < 4.78 is 0. The van der Waals surface area contributed by atoms with Gasteiger partial charge < -0.3 is 10.0 Å². The van der Waals surface area contributed by atoms with E-state index in [1.54, 1.807) is 0 Å². The molecule has 2 aromatic carbocycles. The molecule has 1 fully saturated rings. The van der Waals surface area contributed by atoms with Crippen molar-refractivity contribution >= 4 is 0 Å². The lowest BCUT2D eigenvalue weighted by Gasteiger charge is -2.31. The van der Waals surface area contributed by atoms with Crippen LogP contribution in [0.5, 0.6) is 0 Å². The van der Waals surface area contributed by atoms with Crippen LogP contribution in [-0.2, 0) is 5.60 Å². The highest BCUT2D eigenvalue weighted by Gasteiger charge is 2.24. The van der Waals surface area contributed by atoms with Crippen molar-refractivity contribution in [2.75, 3.05) is 19.6 Å². The molecular formula is C21H27NO. The molecule has 0 amide bonds. The van der Waals surface area contributed by atoms with Gasteiger partial charge in [-0.25, -0.2) is 0 Å². The normalized spacial score (nSPS) is 18.5. The van der Waals surface area contributed by atoms with Crippen LogP contribution in [-0.4, -0.2) is 29.6 Å². The second-order valence-electron chi connectivity index (χ2n) is 6.87. The van der Waals surface area contributed by atoms with Gasteiger partial charge in [0.1, 0.15) is 0 Å². The Kier molecular flexibility index (Phi) is 5.14. The summed E-state index contributed by atoms with van der Waals surface area (Å²) in [4.78, 5) is 2.48. The first-order valence-electron chi connectivity index (χ1n) is 8.76. The van der Waals surface area contributed by atoms with Gasteiger partial charge in [0.15, 0.2) is 0 Å². The number of aliphatic hydroxyl groups is 1. The smallest absolute Gasteiger partial charge is 0.0880 e. The molecule has 0 saturated carbocycles. The Bertz CT molecular complexity index is 597. The first kappa shape index (κ1) is 16.2. The zero-order valence-corrected chi connectivity index (χ0v) is 14.0. The fourth-order valence-corrected chi connectivity index (χ4v) is 3.36. The van der Waals surface area contributed by atoms with Crippen molar-refractivity contribution in [3.05, 3.63) is 60.2 Å². The van der Waals surface area contributed by atoms with Gasteiger partial charge in [0.05, 0.1) is 5.60 Å². The van der Waals surface area contributed by atoms with Crippen LogP contribution in [0.4, 0.5) is 0 Å². The molecular weight excluding hydrogens is 282 g/mol. The van der Waals surface area contributed by atoms with Gasteiger partial charge in [0.2, 0.25) is 0 Å². The lowest BCUT2D eigenvalue weighted by atomic mass is 9.90. The van der Waals surface area contributed by atoms with Gasteiger partial charge in [-0.2, -0.15) is 0 Å². The van der Waals surface area contributed by atoms with Crippen molar-refractivity contribution in [1.29, 1.82) is 0 Å². The summed E-state index contributed by atoms with van der Waals surface area (Å²) in [5, 5.41) is 10.9. The predicted octanol–water partition coefficient (Wildman–Crippen LogP) is 4.44. The van der Waals surface area contributed by atoms with E-state index in [0.717, 1.165) is 18.5 Å². The first-order chi connectivity index (χ1) is 11.1. The molecule has 1 saturated heterocycles. The molecule has 0 aliphatic carbocycles. The number of benzene rings is 2. The minimum atomic E-state index is -0.757. The molecule has 2 heteroatoms. The van der Waals surface area contributed by atoms with Gasteiger partial charge in [-0.3, -0.25) is 0 Å². The average molecular weight is 309 g/mol. The van der Waals surface area contributed by atoms with E-state index in [2.05, 4.69) is 53.4 Å². The van der Waals surface area contributed by atoms with Gasteiger partial charge in [0.25, 0.3) is 0 Å². The molecule has 3 rings (SSSR count). The highest BCUT2D eigenvalue weighted by Crippen LogP contribution is 2.28. The van der Waals surface area contributed by atoms with Crippen molar-refractivity contribution in [3.63, 3.8) is 0 Å². The van der Waals surface area contributed by atoms with Crippen LogP contribution in [0.2, 0.25) is 0 Å². The molecule has 1 unspecified atom stereocenters. The van der Waals surface area contributed by atoms with Gasteiger partial charge in [-0.1, -0.05) is 61.0 Å². The number of piperidine rings is 1. The minimum Gasteiger partial charge on any atom is -0.385 e. The molecule has 0 radical (unpaired) electrons. The largest absolute Gasteiger partial charge is 0.385 e. The SMILES string of the molecule is CC(O)(CCN1CCCCC1)c1ccc(-c2ccccc2)cc1. The molecule has 1 atom stereocenters. The van der Waals surface area contributed by atoms with E-state index in [-0.39, 0.29) is 0 Å². The molecule has 122 valence electrons. The van der Waals surface area contributed by atoms with Crippen molar-refractivity contribution in [1.82, 2.24) is 4.90 Å². The Balaban J connectivity index is 1.65. The number of rotatable bonds is 5. The second-order valence-corrected chi connectivity index (χ2v) is 6.87. The molecule has 1 N–H and O–H groups in total. The highest BCUT2D eigenvalue weighted by molar-refractivity contribution is 5.63. The van der Waals surface area contributed by atoms with Gasteiger partial charge in [0, 0.05) is 6.54 Å². The number of hydrogen-bond acceptors (Lipinski definition) is 2. The average Bonchev–Trinajstić information content (AvgIpc) is 2.62. The van der Waals surface area contributed by atoms with Crippen molar-refractivity contribution in [2.45, 2.75) is 38.2 Å². The fourth-order valence-electron chi connectivity index (χ4n) is 3.36. The summed E-state index contributed by atoms with van der Waals surface area (Å²) in [7, 11) is 0. The van der Waals surface area contributed by atoms with Crippen LogP contribution < -0.4 is 0 Å². The van der Waals surface area contributed by atoms with E-state index in [0.29, 0.717) is 0 Å². The summed E-state index contributed by atoms with van der Waals surface area (Å²) in [5.74, 6) is 0. The topological polar surface area (TPSA) is 23.5 Å². The summed E-state index contributed by atoms with van der Waals surface area (Å²) in [5.41, 5.74) is 2.66. The van der Waals surface area contributed by atoms with E-state index in [1.165, 1.54) is 43.5 Å². The van der Waals surface area contributed by atoms with Gasteiger partial charge in [-0.15, -0.1) is 0 Å². The van der Waals surface area contributed by atoms with E-state index in [4.69, 9.17) is 0 Å². The number of likely N-dealkylation sites (tertiary alicyclic amines) is 1. The van der Waals surface area contributed by atoms with Crippen LogP contribution in [0.25, 0.3) is 11.1 Å². The lowest BCUT2D eigenvalue weighted by molar-refractivity contribution is 0.0337. The molecule has 2 nitrogen and oxygen atoms in total. The lowest BCUT2D eigenvalue weighted by Crippen LogP contribution is -2.34. The monoisotopic (exact) mass is 309 g/mol. The standard InChI is InChI=1S/C21H27NO/c1-21(23,14-17-22-15-6-3-7-16-22)20-12-10-19(11-13-20)18-8-4-2-5-9-18/h2,4-5,8-13,23H,3,6-7,14-17H2,1H3. The van der Waals surface area contributed by atoms with E-state index < -0.39 is 5.60 Å². The van der Waals surface area contributed by atoms with Crippen molar-refractivity contribution in [3.8, 4) is 11.1 Å². The zero-order valence-electron chi connectivity index (χ0n) is 14.0. The Morgan fingerprint density at radius 2 is 1.48 bits per heavy atom. The predicted molar refractivity (Wildman–Crippen MR) is 96.4 cm³/mol. The maximum Gasteiger partial charge on any atom is 0.0880 e. The molecule has 1 aliphatic heterocycles.